The molecule has 0 aliphatic rings. The molecule has 4 aromatic rings. The number of anilines is 1. The Hall–Kier alpha value is -3.22. The lowest BCUT2D eigenvalue weighted by molar-refractivity contribution is -0.116. The van der Waals surface area contributed by atoms with Gasteiger partial charge in [0, 0.05) is 39.4 Å². The minimum absolute atomic E-state index is 0.0899. The lowest BCUT2D eigenvalue weighted by Crippen LogP contribution is -2.35. The molecule has 0 aliphatic carbocycles. The van der Waals surface area contributed by atoms with Crippen LogP contribution in [0.4, 0.5) is 5.69 Å². The van der Waals surface area contributed by atoms with Crippen LogP contribution >= 0.6 is 23.4 Å². The molecule has 0 unspecified atom stereocenters. The van der Waals surface area contributed by atoms with Gasteiger partial charge in [0.25, 0.3) is 5.91 Å². The van der Waals surface area contributed by atoms with Gasteiger partial charge in [-0.2, -0.15) is 0 Å². The van der Waals surface area contributed by atoms with Crippen molar-refractivity contribution in [1.29, 1.82) is 0 Å². The lowest BCUT2D eigenvalue weighted by atomic mass is 10.1. The van der Waals surface area contributed by atoms with Crippen molar-refractivity contribution in [3.63, 3.8) is 0 Å². The van der Waals surface area contributed by atoms with Crippen LogP contribution in [0.15, 0.2) is 76.0 Å². The molecule has 7 heteroatoms. The third-order valence-corrected chi connectivity index (χ3v) is 6.85. The highest BCUT2D eigenvalue weighted by Crippen LogP contribution is 2.33. The van der Waals surface area contributed by atoms with Gasteiger partial charge < -0.3 is 14.6 Å². The molecule has 0 radical (unpaired) electrons. The molecule has 0 fully saturated rings. The predicted octanol–water partition coefficient (Wildman–Crippen LogP) is 6.71. The standard InChI is InChI=1S/C27H25ClN2O3S/c1-17-7-6-8-18(2)25(17)29-24(31)15-30(3)27(32)26-22(21-9-4-5-10-23(21)33-26)16-34-20-13-11-19(28)12-14-20/h4-14H,15-16H2,1-3H3,(H,29,31). The molecule has 1 N–H and O–H groups in total. The number of furan rings is 1. The second kappa shape index (κ2) is 10.4. The number of para-hydroxylation sites is 2. The average Bonchev–Trinajstić information content (AvgIpc) is 3.19. The first-order valence-electron chi connectivity index (χ1n) is 10.8. The van der Waals surface area contributed by atoms with Crippen molar-refractivity contribution in [2.24, 2.45) is 0 Å². The van der Waals surface area contributed by atoms with Crippen LogP contribution in [0, 0.1) is 13.8 Å². The maximum atomic E-state index is 13.3. The highest BCUT2D eigenvalue weighted by molar-refractivity contribution is 7.98. The van der Waals surface area contributed by atoms with Crippen molar-refractivity contribution in [1.82, 2.24) is 4.90 Å². The van der Waals surface area contributed by atoms with Crippen molar-refractivity contribution in [2.45, 2.75) is 24.5 Å². The van der Waals surface area contributed by atoms with Crippen LogP contribution in [-0.2, 0) is 10.5 Å². The molecule has 3 aromatic carbocycles. The predicted molar refractivity (Wildman–Crippen MR) is 139 cm³/mol. The average molecular weight is 493 g/mol. The number of likely N-dealkylation sites (N-methyl/N-ethyl adjacent to an activating group) is 1. The second-order valence-corrected chi connectivity index (χ2v) is 9.61. The molecular formula is C27H25ClN2O3S. The van der Waals surface area contributed by atoms with E-state index in [4.69, 9.17) is 16.0 Å². The number of nitrogens with zero attached hydrogens (tertiary/aromatic N) is 1. The summed E-state index contributed by atoms with van der Waals surface area (Å²) in [6.45, 7) is 3.79. The number of carbonyl (C=O) groups excluding carboxylic acids is 2. The molecule has 0 aliphatic heterocycles. The van der Waals surface area contributed by atoms with E-state index in [1.54, 1.807) is 18.8 Å². The third-order valence-electron chi connectivity index (χ3n) is 5.56. The van der Waals surface area contributed by atoms with Crippen LogP contribution < -0.4 is 5.32 Å². The molecule has 34 heavy (non-hydrogen) atoms. The number of thioether (sulfide) groups is 1. The number of carbonyl (C=O) groups is 2. The zero-order valence-corrected chi connectivity index (χ0v) is 20.8. The highest BCUT2D eigenvalue weighted by Gasteiger charge is 2.25. The SMILES string of the molecule is Cc1cccc(C)c1NC(=O)CN(C)C(=O)c1oc2ccccc2c1CSc1ccc(Cl)cc1. The Bertz CT molecular complexity index is 1330. The van der Waals surface area contributed by atoms with E-state index in [2.05, 4.69) is 5.32 Å². The number of benzene rings is 3. The summed E-state index contributed by atoms with van der Waals surface area (Å²) >= 11 is 7.59. The molecule has 174 valence electrons. The molecule has 2 amide bonds. The zero-order chi connectivity index (χ0) is 24.2. The van der Waals surface area contributed by atoms with E-state index in [1.165, 1.54) is 4.90 Å². The van der Waals surface area contributed by atoms with Gasteiger partial charge in [0.05, 0.1) is 6.54 Å². The number of fused-ring (bicyclic) bond motifs is 1. The fourth-order valence-corrected chi connectivity index (χ4v) is 4.80. The normalized spacial score (nSPS) is 10.9. The van der Waals surface area contributed by atoms with Gasteiger partial charge >= 0.3 is 0 Å². The summed E-state index contributed by atoms with van der Waals surface area (Å²) in [7, 11) is 1.61. The van der Waals surface area contributed by atoms with Crippen molar-refractivity contribution >= 4 is 51.8 Å². The first-order chi connectivity index (χ1) is 16.3. The molecule has 5 nitrogen and oxygen atoms in total. The molecule has 4 rings (SSSR count). The minimum atomic E-state index is -0.334. The molecule has 0 atom stereocenters. The number of amides is 2. The number of hydrogen-bond acceptors (Lipinski definition) is 4. The minimum Gasteiger partial charge on any atom is -0.451 e. The number of hydrogen-bond donors (Lipinski definition) is 1. The van der Waals surface area contributed by atoms with Gasteiger partial charge in [-0.3, -0.25) is 9.59 Å². The van der Waals surface area contributed by atoms with Crippen LogP contribution in [0.1, 0.15) is 27.2 Å². The van der Waals surface area contributed by atoms with Gasteiger partial charge in [-0.25, -0.2) is 0 Å². The molecule has 0 bridgehead atoms. The van der Waals surface area contributed by atoms with Crippen LogP contribution in [0.5, 0.6) is 0 Å². The largest absolute Gasteiger partial charge is 0.451 e. The molecule has 1 heterocycles. The van der Waals surface area contributed by atoms with E-state index in [1.807, 2.05) is 80.6 Å². The van der Waals surface area contributed by atoms with Crippen molar-refractivity contribution in [3.8, 4) is 0 Å². The monoisotopic (exact) mass is 492 g/mol. The van der Waals surface area contributed by atoms with E-state index < -0.39 is 0 Å². The van der Waals surface area contributed by atoms with E-state index >= 15 is 0 Å². The Morgan fingerprint density at radius 1 is 0.971 bits per heavy atom. The van der Waals surface area contributed by atoms with Gasteiger partial charge in [0.1, 0.15) is 5.58 Å². The quantitative estimate of drug-likeness (QED) is 0.291. The van der Waals surface area contributed by atoms with Crippen molar-refractivity contribution in [2.75, 3.05) is 18.9 Å². The van der Waals surface area contributed by atoms with Crippen molar-refractivity contribution in [3.05, 3.63) is 94.2 Å². The Balaban J connectivity index is 1.53. The fraction of sp³-hybridized carbons (Fsp3) is 0.185. The Labute approximate surface area is 208 Å². The fourth-order valence-electron chi connectivity index (χ4n) is 3.75. The smallest absolute Gasteiger partial charge is 0.290 e. The van der Waals surface area contributed by atoms with Crippen LogP contribution in [0.25, 0.3) is 11.0 Å². The van der Waals surface area contributed by atoms with Gasteiger partial charge in [0.2, 0.25) is 5.91 Å². The van der Waals surface area contributed by atoms with Gasteiger partial charge in [-0.1, -0.05) is 48.0 Å². The third kappa shape index (κ3) is 5.29. The van der Waals surface area contributed by atoms with Gasteiger partial charge in [-0.15, -0.1) is 11.8 Å². The van der Waals surface area contributed by atoms with Crippen LogP contribution in [-0.4, -0.2) is 30.3 Å². The van der Waals surface area contributed by atoms with Crippen LogP contribution in [0.3, 0.4) is 0 Å². The molecule has 1 aromatic heterocycles. The van der Waals surface area contributed by atoms with Gasteiger partial charge in [0.15, 0.2) is 5.76 Å². The number of rotatable bonds is 7. The molecule has 0 saturated carbocycles. The summed E-state index contributed by atoms with van der Waals surface area (Å²) < 4.78 is 5.97. The molecule has 0 saturated heterocycles. The van der Waals surface area contributed by atoms with E-state index in [0.29, 0.717) is 16.4 Å². The number of aryl methyl sites for hydroxylation is 2. The number of nitrogens with one attached hydrogen (secondary N) is 1. The molecular weight excluding hydrogens is 468 g/mol. The van der Waals surface area contributed by atoms with Crippen LogP contribution in [0.2, 0.25) is 5.02 Å². The Morgan fingerprint density at radius 2 is 1.65 bits per heavy atom. The topological polar surface area (TPSA) is 62.6 Å². The number of halogens is 1. The summed E-state index contributed by atoms with van der Waals surface area (Å²) in [6, 6.07) is 21.0. The Morgan fingerprint density at radius 3 is 2.35 bits per heavy atom. The van der Waals surface area contributed by atoms with Gasteiger partial charge in [-0.05, 0) is 55.3 Å². The van der Waals surface area contributed by atoms with E-state index in [-0.39, 0.29) is 24.1 Å². The lowest BCUT2D eigenvalue weighted by Gasteiger charge is -2.18. The summed E-state index contributed by atoms with van der Waals surface area (Å²) in [5.74, 6) is 0.202. The van der Waals surface area contributed by atoms with Crippen molar-refractivity contribution < 1.29 is 14.0 Å². The summed E-state index contributed by atoms with van der Waals surface area (Å²) in [5.41, 5.74) is 4.17. The first-order valence-corrected chi connectivity index (χ1v) is 12.2. The Kier molecular flexibility index (Phi) is 7.29. The molecule has 0 spiro atoms. The summed E-state index contributed by atoms with van der Waals surface area (Å²) in [6.07, 6.45) is 0. The van der Waals surface area contributed by atoms with E-state index in [9.17, 15) is 9.59 Å². The summed E-state index contributed by atoms with van der Waals surface area (Å²) in [5, 5.41) is 4.50. The second-order valence-electron chi connectivity index (χ2n) is 8.12. The zero-order valence-electron chi connectivity index (χ0n) is 19.2. The highest BCUT2D eigenvalue weighted by atomic mass is 35.5. The first kappa shape index (κ1) is 23.9. The van der Waals surface area contributed by atoms with E-state index in [0.717, 1.165) is 32.7 Å². The maximum absolute atomic E-state index is 13.3. The maximum Gasteiger partial charge on any atom is 0.290 e. The summed E-state index contributed by atoms with van der Waals surface area (Å²) in [4.78, 5) is 28.5.